The highest BCUT2D eigenvalue weighted by atomic mass is 19.1. The smallest absolute Gasteiger partial charge is 0.131 e. The van der Waals surface area contributed by atoms with Crippen LogP contribution < -0.4 is 10.1 Å². The molecule has 1 aromatic carbocycles. The van der Waals surface area contributed by atoms with Crippen LogP contribution >= 0.6 is 0 Å². The van der Waals surface area contributed by atoms with Crippen molar-refractivity contribution in [3.05, 3.63) is 47.8 Å². The van der Waals surface area contributed by atoms with Crippen molar-refractivity contribution in [2.75, 3.05) is 14.2 Å². The van der Waals surface area contributed by atoms with Gasteiger partial charge in [-0.25, -0.2) is 9.37 Å². The first-order valence-corrected chi connectivity index (χ1v) is 5.71. The van der Waals surface area contributed by atoms with Gasteiger partial charge in [0.15, 0.2) is 0 Å². The van der Waals surface area contributed by atoms with Crippen LogP contribution in [0.3, 0.4) is 0 Å². The van der Waals surface area contributed by atoms with Gasteiger partial charge in [0.05, 0.1) is 20.2 Å². The Balaban J connectivity index is 2.20. The fourth-order valence-electron chi connectivity index (χ4n) is 1.78. The van der Waals surface area contributed by atoms with Crippen LogP contribution in [0.2, 0.25) is 0 Å². The van der Waals surface area contributed by atoms with Crippen molar-refractivity contribution in [1.29, 1.82) is 0 Å². The number of hydrogen-bond donors (Lipinski definition) is 1. The largest absolute Gasteiger partial charge is 0.497 e. The van der Waals surface area contributed by atoms with Crippen LogP contribution in [0.5, 0.6) is 5.75 Å². The van der Waals surface area contributed by atoms with E-state index in [9.17, 15) is 4.39 Å². The summed E-state index contributed by atoms with van der Waals surface area (Å²) >= 11 is 0. The molecule has 0 fully saturated rings. The molecule has 0 atom stereocenters. The maximum atomic E-state index is 13.8. The van der Waals surface area contributed by atoms with Crippen molar-refractivity contribution in [3.8, 4) is 5.75 Å². The average molecular weight is 249 g/mol. The molecule has 1 N–H and O–H groups in total. The standard InChI is InChI=1S/C13H16FN3O/c1-15-8-13-16-5-6-17(13)9-10-3-4-11(18-2)7-12(10)14/h3-7,15H,8-9H2,1-2H3. The summed E-state index contributed by atoms with van der Waals surface area (Å²) in [6, 6.07) is 4.88. The first-order chi connectivity index (χ1) is 8.74. The fraction of sp³-hybridized carbons (Fsp3) is 0.308. The molecule has 96 valence electrons. The molecule has 0 saturated carbocycles. The zero-order chi connectivity index (χ0) is 13.0. The number of methoxy groups -OCH3 is 1. The van der Waals surface area contributed by atoms with E-state index in [2.05, 4.69) is 10.3 Å². The average Bonchev–Trinajstić information content (AvgIpc) is 2.80. The third kappa shape index (κ3) is 2.68. The molecular weight excluding hydrogens is 233 g/mol. The van der Waals surface area contributed by atoms with E-state index in [0.717, 1.165) is 5.82 Å². The zero-order valence-electron chi connectivity index (χ0n) is 10.5. The van der Waals surface area contributed by atoms with Gasteiger partial charge in [0.25, 0.3) is 0 Å². The van der Waals surface area contributed by atoms with Gasteiger partial charge in [0.1, 0.15) is 17.4 Å². The molecule has 18 heavy (non-hydrogen) atoms. The Morgan fingerprint density at radius 3 is 2.94 bits per heavy atom. The predicted molar refractivity (Wildman–Crippen MR) is 67.0 cm³/mol. The van der Waals surface area contributed by atoms with Crippen molar-refractivity contribution in [2.45, 2.75) is 13.1 Å². The van der Waals surface area contributed by atoms with Gasteiger partial charge in [-0.1, -0.05) is 6.07 Å². The molecule has 0 radical (unpaired) electrons. The molecule has 0 aliphatic carbocycles. The Labute approximate surface area is 105 Å². The number of nitrogens with one attached hydrogen (secondary N) is 1. The lowest BCUT2D eigenvalue weighted by Gasteiger charge is -2.09. The first kappa shape index (κ1) is 12.6. The van der Waals surface area contributed by atoms with Gasteiger partial charge in [0, 0.05) is 24.0 Å². The SMILES string of the molecule is CNCc1nccn1Cc1ccc(OC)cc1F. The number of halogens is 1. The van der Waals surface area contributed by atoms with Crippen molar-refractivity contribution < 1.29 is 9.13 Å². The van der Waals surface area contributed by atoms with Crippen LogP contribution in [0.1, 0.15) is 11.4 Å². The lowest BCUT2D eigenvalue weighted by Crippen LogP contribution is -2.13. The molecule has 0 unspecified atom stereocenters. The van der Waals surface area contributed by atoms with Crippen LogP contribution in [0.15, 0.2) is 30.6 Å². The molecule has 5 heteroatoms. The highest BCUT2D eigenvalue weighted by Gasteiger charge is 2.07. The predicted octanol–water partition coefficient (Wildman–Crippen LogP) is 1.80. The molecule has 4 nitrogen and oxygen atoms in total. The van der Waals surface area contributed by atoms with Crippen LogP contribution in [0, 0.1) is 5.82 Å². The van der Waals surface area contributed by atoms with Gasteiger partial charge in [-0.3, -0.25) is 0 Å². The van der Waals surface area contributed by atoms with Crippen LogP contribution in [-0.2, 0) is 13.1 Å². The molecule has 0 saturated heterocycles. The number of benzene rings is 1. The molecular formula is C13H16FN3O. The van der Waals surface area contributed by atoms with E-state index in [1.165, 1.54) is 13.2 Å². The van der Waals surface area contributed by atoms with Crippen LogP contribution in [-0.4, -0.2) is 23.7 Å². The summed E-state index contributed by atoms with van der Waals surface area (Å²) in [5, 5.41) is 3.03. The van der Waals surface area contributed by atoms with E-state index in [-0.39, 0.29) is 5.82 Å². The van der Waals surface area contributed by atoms with Gasteiger partial charge in [-0.05, 0) is 13.1 Å². The minimum absolute atomic E-state index is 0.265. The van der Waals surface area contributed by atoms with Gasteiger partial charge < -0.3 is 14.6 Å². The lowest BCUT2D eigenvalue weighted by atomic mass is 10.2. The molecule has 0 bridgehead atoms. The van der Waals surface area contributed by atoms with E-state index in [1.54, 1.807) is 18.3 Å². The van der Waals surface area contributed by atoms with E-state index in [4.69, 9.17) is 4.74 Å². The van der Waals surface area contributed by atoms with Gasteiger partial charge in [0.2, 0.25) is 0 Å². The summed E-state index contributed by atoms with van der Waals surface area (Å²) in [7, 11) is 3.38. The number of imidazole rings is 1. The molecule has 1 heterocycles. The summed E-state index contributed by atoms with van der Waals surface area (Å²) in [5.41, 5.74) is 0.617. The lowest BCUT2D eigenvalue weighted by molar-refractivity contribution is 0.410. The maximum absolute atomic E-state index is 13.8. The Bertz CT molecular complexity index is 525. The van der Waals surface area contributed by atoms with Crippen molar-refractivity contribution in [2.24, 2.45) is 0 Å². The molecule has 2 aromatic rings. The van der Waals surface area contributed by atoms with E-state index >= 15 is 0 Å². The Hall–Kier alpha value is -1.88. The minimum atomic E-state index is -0.265. The topological polar surface area (TPSA) is 39.1 Å². The summed E-state index contributed by atoms with van der Waals surface area (Å²) in [6.07, 6.45) is 3.56. The summed E-state index contributed by atoms with van der Waals surface area (Å²) < 4.78 is 20.7. The highest BCUT2D eigenvalue weighted by molar-refractivity contribution is 5.29. The fourth-order valence-corrected chi connectivity index (χ4v) is 1.78. The second kappa shape index (κ2) is 5.64. The highest BCUT2D eigenvalue weighted by Crippen LogP contribution is 2.17. The van der Waals surface area contributed by atoms with E-state index < -0.39 is 0 Å². The van der Waals surface area contributed by atoms with Crippen molar-refractivity contribution in [1.82, 2.24) is 14.9 Å². The Kier molecular flexibility index (Phi) is 3.94. The van der Waals surface area contributed by atoms with Gasteiger partial charge >= 0.3 is 0 Å². The normalized spacial score (nSPS) is 10.6. The van der Waals surface area contributed by atoms with Crippen molar-refractivity contribution in [3.63, 3.8) is 0 Å². The summed E-state index contributed by atoms with van der Waals surface area (Å²) in [6.45, 7) is 1.12. The maximum Gasteiger partial charge on any atom is 0.131 e. The van der Waals surface area contributed by atoms with Crippen molar-refractivity contribution >= 4 is 0 Å². The number of ether oxygens (including phenoxy) is 1. The number of nitrogens with zero attached hydrogens (tertiary/aromatic N) is 2. The third-order valence-electron chi connectivity index (χ3n) is 2.74. The second-order valence-electron chi connectivity index (χ2n) is 3.96. The minimum Gasteiger partial charge on any atom is -0.497 e. The van der Waals surface area contributed by atoms with Crippen LogP contribution in [0.4, 0.5) is 4.39 Å². The zero-order valence-corrected chi connectivity index (χ0v) is 10.5. The number of aromatic nitrogens is 2. The van der Waals surface area contributed by atoms with E-state index in [1.807, 2.05) is 17.8 Å². The monoisotopic (exact) mass is 249 g/mol. The van der Waals surface area contributed by atoms with Gasteiger partial charge in [-0.15, -0.1) is 0 Å². The summed E-state index contributed by atoms with van der Waals surface area (Å²) in [5.74, 6) is 1.14. The molecule has 0 aliphatic rings. The number of hydrogen-bond acceptors (Lipinski definition) is 3. The van der Waals surface area contributed by atoms with Crippen LogP contribution in [0.25, 0.3) is 0 Å². The molecule has 1 aromatic heterocycles. The Morgan fingerprint density at radius 2 is 2.28 bits per heavy atom. The quantitative estimate of drug-likeness (QED) is 0.878. The molecule has 2 rings (SSSR count). The number of rotatable bonds is 5. The van der Waals surface area contributed by atoms with E-state index in [0.29, 0.717) is 24.4 Å². The molecule has 0 amide bonds. The first-order valence-electron chi connectivity index (χ1n) is 5.71. The molecule has 0 spiro atoms. The Morgan fingerprint density at radius 1 is 1.44 bits per heavy atom. The second-order valence-corrected chi connectivity index (χ2v) is 3.96. The molecule has 0 aliphatic heterocycles. The third-order valence-corrected chi connectivity index (χ3v) is 2.74. The summed E-state index contributed by atoms with van der Waals surface area (Å²) in [4.78, 5) is 4.22. The van der Waals surface area contributed by atoms with Gasteiger partial charge in [-0.2, -0.15) is 0 Å².